The highest BCUT2D eigenvalue weighted by Crippen LogP contribution is 2.30. The zero-order valence-corrected chi connectivity index (χ0v) is 16.5. The fraction of sp³-hybridized carbons (Fsp3) is 0.261. The molecule has 0 spiro atoms. The number of amides is 1. The summed E-state index contributed by atoms with van der Waals surface area (Å²) in [6.45, 7) is 6.73. The number of benzene rings is 2. The summed E-state index contributed by atoms with van der Waals surface area (Å²) in [5.74, 6) is 1.11. The summed E-state index contributed by atoms with van der Waals surface area (Å²) in [7, 11) is 0. The van der Waals surface area contributed by atoms with Gasteiger partial charge in [0.1, 0.15) is 0 Å². The predicted octanol–water partition coefficient (Wildman–Crippen LogP) is 4.83. The molecule has 0 saturated heterocycles. The highest BCUT2D eigenvalue weighted by atomic mass is 16.1. The number of pyridine rings is 1. The van der Waals surface area contributed by atoms with E-state index < -0.39 is 0 Å². The third-order valence-electron chi connectivity index (χ3n) is 5.10. The van der Waals surface area contributed by atoms with Gasteiger partial charge in [-0.1, -0.05) is 57.2 Å². The van der Waals surface area contributed by atoms with Gasteiger partial charge in [-0.2, -0.15) is 0 Å². The molecular formula is C23H26N4O. The number of carbonyl (C=O) groups is 1. The van der Waals surface area contributed by atoms with E-state index >= 15 is 0 Å². The second-order valence-electron chi connectivity index (χ2n) is 7.46. The van der Waals surface area contributed by atoms with Crippen LogP contribution in [-0.2, 0) is 11.2 Å². The van der Waals surface area contributed by atoms with Gasteiger partial charge in [-0.05, 0) is 42.0 Å². The molecule has 0 aliphatic carbocycles. The van der Waals surface area contributed by atoms with Gasteiger partial charge in [-0.25, -0.2) is 4.98 Å². The zero-order valence-electron chi connectivity index (χ0n) is 16.5. The lowest BCUT2D eigenvalue weighted by Crippen LogP contribution is -2.28. The summed E-state index contributed by atoms with van der Waals surface area (Å²) in [6.07, 6.45) is 1.48. The monoisotopic (exact) mass is 374 g/mol. The molecule has 1 heterocycles. The van der Waals surface area contributed by atoms with E-state index in [4.69, 9.17) is 10.4 Å². The number of anilines is 1. The largest absolute Gasteiger partial charge is 0.325 e. The van der Waals surface area contributed by atoms with Gasteiger partial charge in [-0.15, -0.1) is 0 Å². The molecule has 0 bridgehead atoms. The van der Waals surface area contributed by atoms with Crippen LogP contribution in [-0.4, -0.2) is 17.4 Å². The smallest absolute Gasteiger partial charge is 0.213 e. The van der Waals surface area contributed by atoms with Crippen LogP contribution in [0.25, 0.3) is 22.2 Å². The van der Waals surface area contributed by atoms with E-state index in [1.807, 2.05) is 42.5 Å². The van der Waals surface area contributed by atoms with Crippen LogP contribution in [0.2, 0.25) is 0 Å². The molecule has 3 N–H and O–H groups in total. The van der Waals surface area contributed by atoms with Crippen molar-refractivity contribution < 1.29 is 4.79 Å². The van der Waals surface area contributed by atoms with Crippen LogP contribution in [0, 0.1) is 17.2 Å². The maximum absolute atomic E-state index is 10.7. The molecular weight excluding hydrogens is 348 g/mol. The molecule has 1 amide bonds. The van der Waals surface area contributed by atoms with Gasteiger partial charge in [0.25, 0.3) is 0 Å². The number of nitrogens with zero attached hydrogens (tertiary/aromatic N) is 1. The summed E-state index contributed by atoms with van der Waals surface area (Å²) in [5, 5.41) is 14.2. The van der Waals surface area contributed by atoms with E-state index in [-0.39, 0.29) is 5.96 Å². The second-order valence-corrected chi connectivity index (χ2v) is 7.46. The van der Waals surface area contributed by atoms with E-state index in [0.717, 1.165) is 34.3 Å². The fourth-order valence-corrected chi connectivity index (χ4v) is 3.10. The van der Waals surface area contributed by atoms with Crippen molar-refractivity contribution in [3.8, 4) is 11.3 Å². The first-order valence-electron chi connectivity index (χ1n) is 9.52. The quantitative estimate of drug-likeness (QED) is 0.328. The maximum atomic E-state index is 10.7. The molecule has 1 unspecified atom stereocenters. The molecule has 1 atom stereocenters. The second kappa shape index (κ2) is 8.65. The van der Waals surface area contributed by atoms with E-state index in [1.54, 1.807) is 0 Å². The third kappa shape index (κ3) is 4.55. The lowest BCUT2D eigenvalue weighted by molar-refractivity contribution is -0.108. The van der Waals surface area contributed by atoms with Crippen LogP contribution in [0.1, 0.15) is 26.3 Å². The van der Waals surface area contributed by atoms with E-state index in [9.17, 15) is 4.79 Å². The average molecular weight is 374 g/mol. The summed E-state index contributed by atoms with van der Waals surface area (Å²) in [6, 6.07) is 18.1. The molecule has 3 aromatic rings. The first-order valence-corrected chi connectivity index (χ1v) is 9.52. The number of rotatable bonds is 6. The third-order valence-corrected chi connectivity index (χ3v) is 5.10. The lowest BCUT2D eigenvalue weighted by atomic mass is 9.90. The number of hydrogen-bond acceptors (Lipinski definition) is 3. The minimum Gasteiger partial charge on any atom is -0.325 e. The van der Waals surface area contributed by atoms with E-state index in [0.29, 0.717) is 18.2 Å². The molecule has 0 aliphatic rings. The Labute approximate surface area is 165 Å². The van der Waals surface area contributed by atoms with Gasteiger partial charge in [0.05, 0.1) is 16.9 Å². The molecule has 0 aliphatic heterocycles. The zero-order chi connectivity index (χ0) is 20.1. The predicted molar refractivity (Wildman–Crippen MR) is 115 cm³/mol. The van der Waals surface area contributed by atoms with Crippen LogP contribution in [0.4, 0.5) is 5.69 Å². The first-order chi connectivity index (χ1) is 13.5. The topological polar surface area (TPSA) is 77.9 Å². The van der Waals surface area contributed by atoms with Crippen molar-refractivity contribution in [1.82, 2.24) is 10.3 Å². The molecule has 5 nitrogen and oxygen atoms in total. The molecule has 0 saturated carbocycles. The molecule has 0 radical (unpaired) electrons. The molecule has 3 rings (SSSR count). The maximum Gasteiger partial charge on any atom is 0.213 e. The molecule has 0 fully saturated rings. The Morgan fingerprint density at radius 3 is 2.54 bits per heavy atom. The summed E-state index contributed by atoms with van der Waals surface area (Å²) < 4.78 is 0. The van der Waals surface area contributed by atoms with Crippen LogP contribution in [0.15, 0.2) is 54.6 Å². The molecule has 144 valence electrons. The normalized spacial score (nSPS) is 12.0. The van der Waals surface area contributed by atoms with Gasteiger partial charge in [0.15, 0.2) is 5.96 Å². The Bertz CT molecular complexity index is 983. The average Bonchev–Trinajstić information content (AvgIpc) is 2.69. The minimum atomic E-state index is -0.0672. The number of guanidine groups is 1. The van der Waals surface area contributed by atoms with Crippen molar-refractivity contribution in [3.63, 3.8) is 0 Å². The Morgan fingerprint density at radius 2 is 1.86 bits per heavy atom. The van der Waals surface area contributed by atoms with Gasteiger partial charge >= 0.3 is 0 Å². The van der Waals surface area contributed by atoms with Crippen molar-refractivity contribution in [3.05, 3.63) is 60.2 Å². The van der Waals surface area contributed by atoms with Crippen LogP contribution in [0.3, 0.4) is 0 Å². The van der Waals surface area contributed by atoms with Crippen molar-refractivity contribution in [1.29, 1.82) is 5.41 Å². The van der Waals surface area contributed by atoms with Crippen LogP contribution < -0.4 is 10.6 Å². The highest BCUT2D eigenvalue weighted by Gasteiger charge is 2.12. The van der Waals surface area contributed by atoms with Gasteiger partial charge in [0, 0.05) is 10.9 Å². The van der Waals surface area contributed by atoms with Crippen molar-refractivity contribution in [2.45, 2.75) is 27.2 Å². The minimum absolute atomic E-state index is 0.0672. The van der Waals surface area contributed by atoms with Gasteiger partial charge in [0.2, 0.25) is 6.41 Å². The summed E-state index contributed by atoms with van der Waals surface area (Å²) in [5.41, 5.74) is 4.66. The molecule has 1 aromatic heterocycles. The van der Waals surface area contributed by atoms with Crippen LogP contribution in [0.5, 0.6) is 0 Å². The lowest BCUT2D eigenvalue weighted by Gasteiger charge is -2.17. The fourth-order valence-electron chi connectivity index (χ4n) is 3.10. The van der Waals surface area contributed by atoms with E-state index in [2.05, 4.69) is 43.5 Å². The highest BCUT2D eigenvalue weighted by molar-refractivity contribution is 6.04. The molecule has 5 heteroatoms. The standard InChI is InChI=1S/C23H26N4O/c1-15(2)16(3)11-17-9-10-20-19(12-17)22(27-23(24)25-14-28)13-21(26-20)18-7-5-4-6-8-18/h4-10,12-16H,11H2,1-3H3,(H3,24,25,26,27,28). The van der Waals surface area contributed by atoms with Gasteiger partial charge < -0.3 is 5.32 Å². The van der Waals surface area contributed by atoms with Crippen molar-refractivity contribution in [2.75, 3.05) is 5.32 Å². The van der Waals surface area contributed by atoms with E-state index in [1.165, 1.54) is 5.56 Å². The van der Waals surface area contributed by atoms with Crippen LogP contribution >= 0.6 is 0 Å². The summed E-state index contributed by atoms with van der Waals surface area (Å²) >= 11 is 0. The van der Waals surface area contributed by atoms with Crippen molar-refractivity contribution in [2.24, 2.45) is 11.8 Å². The SMILES string of the molecule is CC(C)C(C)Cc1ccc2nc(-c3ccccc3)cc(NC(=N)NC=O)c2c1. The Morgan fingerprint density at radius 1 is 1.11 bits per heavy atom. The number of hydrogen-bond donors (Lipinski definition) is 3. The Balaban J connectivity index is 2.08. The van der Waals surface area contributed by atoms with Crippen molar-refractivity contribution >= 4 is 29.0 Å². The van der Waals surface area contributed by atoms with Gasteiger partial charge in [-0.3, -0.25) is 15.5 Å². The number of carbonyl (C=O) groups excluding carboxylic acids is 1. The summed E-state index contributed by atoms with van der Waals surface area (Å²) in [4.78, 5) is 15.5. The number of aromatic nitrogens is 1. The molecule has 28 heavy (non-hydrogen) atoms. The first kappa shape index (κ1) is 19.5. The Kier molecular flexibility index (Phi) is 6.04. The number of nitrogens with one attached hydrogen (secondary N) is 3. The Hall–Kier alpha value is -3.21. The molecule has 2 aromatic carbocycles. The number of fused-ring (bicyclic) bond motifs is 1.